The van der Waals surface area contributed by atoms with E-state index in [0.29, 0.717) is 17.5 Å². The Hall–Kier alpha value is -2.34. The first-order chi connectivity index (χ1) is 14.2. The fraction of sp³-hybridized carbons (Fsp3) is 0.458. The highest BCUT2D eigenvalue weighted by Gasteiger charge is 2.40. The van der Waals surface area contributed by atoms with Crippen molar-refractivity contribution >= 4 is 21.6 Å². The summed E-state index contributed by atoms with van der Waals surface area (Å²) in [5.74, 6) is 1.03. The van der Waals surface area contributed by atoms with Gasteiger partial charge in [-0.1, -0.05) is 41.8 Å². The van der Waals surface area contributed by atoms with Crippen molar-refractivity contribution in [3.63, 3.8) is 0 Å². The number of carbonyl (C=O) groups is 1. The molecule has 2 aromatic rings. The van der Waals surface area contributed by atoms with Gasteiger partial charge in [-0.15, -0.1) is 0 Å². The maximum Gasteiger partial charge on any atom is 0.264 e. The zero-order valence-electron chi connectivity index (χ0n) is 17.9. The molecular formula is C24H30N2O3S. The topological polar surface area (TPSA) is 66.5 Å². The normalized spacial score (nSPS) is 22.8. The molecule has 2 aliphatic carbocycles. The van der Waals surface area contributed by atoms with Crippen LogP contribution in [0, 0.1) is 32.6 Å². The zero-order valence-corrected chi connectivity index (χ0v) is 18.7. The van der Waals surface area contributed by atoms with Crippen LogP contribution in [-0.4, -0.2) is 26.9 Å². The summed E-state index contributed by atoms with van der Waals surface area (Å²) in [6, 6.07) is 12.6. The number of rotatable bonds is 6. The number of benzene rings is 2. The number of carbonyl (C=O) groups excluding carboxylic acids is 1. The third-order valence-corrected chi connectivity index (χ3v) is 8.38. The Kier molecular flexibility index (Phi) is 5.62. The third-order valence-electron chi connectivity index (χ3n) is 6.60. The van der Waals surface area contributed by atoms with Gasteiger partial charge in [-0.3, -0.25) is 9.10 Å². The van der Waals surface area contributed by atoms with Gasteiger partial charge in [0.05, 0.1) is 10.6 Å². The summed E-state index contributed by atoms with van der Waals surface area (Å²) in [6.45, 7) is 5.56. The average molecular weight is 427 g/mol. The van der Waals surface area contributed by atoms with Gasteiger partial charge in [-0.25, -0.2) is 8.42 Å². The molecule has 5 nitrogen and oxygen atoms in total. The SMILES string of the molecule is Cc1ccc(S(=O)(=O)N(CC(=O)N[C@@H]2C[C@@H]3CC[C@@H]2C3)c2ccc(C)cc2C)cc1. The predicted octanol–water partition coefficient (Wildman–Crippen LogP) is 4.11. The molecule has 2 fully saturated rings. The van der Waals surface area contributed by atoms with Crippen LogP contribution >= 0.6 is 0 Å². The van der Waals surface area contributed by atoms with Crippen molar-refractivity contribution in [1.29, 1.82) is 0 Å². The third kappa shape index (κ3) is 4.10. The summed E-state index contributed by atoms with van der Waals surface area (Å²) in [5.41, 5.74) is 3.42. The summed E-state index contributed by atoms with van der Waals surface area (Å²) < 4.78 is 28.3. The van der Waals surface area contributed by atoms with Crippen LogP contribution in [0.1, 0.15) is 42.4 Å². The highest BCUT2D eigenvalue weighted by Crippen LogP contribution is 2.44. The number of nitrogens with one attached hydrogen (secondary N) is 1. The molecule has 160 valence electrons. The lowest BCUT2D eigenvalue weighted by molar-refractivity contribution is -0.120. The minimum atomic E-state index is -3.87. The Morgan fingerprint density at radius 1 is 1.00 bits per heavy atom. The van der Waals surface area contributed by atoms with E-state index in [1.54, 1.807) is 30.3 Å². The molecule has 0 radical (unpaired) electrons. The molecule has 0 saturated heterocycles. The molecule has 2 aromatic carbocycles. The van der Waals surface area contributed by atoms with Crippen molar-refractivity contribution in [3.05, 3.63) is 59.2 Å². The fourth-order valence-corrected chi connectivity index (χ4v) is 6.51. The van der Waals surface area contributed by atoms with Crippen molar-refractivity contribution in [2.24, 2.45) is 11.8 Å². The smallest absolute Gasteiger partial charge is 0.264 e. The van der Waals surface area contributed by atoms with Crippen LogP contribution < -0.4 is 9.62 Å². The second kappa shape index (κ2) is 8.06. The van der Waals surface area contributed by atoms with E-state index in [0.717, 1.165) is 29.5 Å². The number of hydrogen-bond acceptors (Lipinski definition) is 3. The van der Waals surface area contributed by atoms with Crippen molar-refractivity contribution in [3.8, 4) is 0 Å². The van der Waals surface area contributed by atoms with Crippen LogP contribution in [0.4, 0.5) is 5.69 Å². The zero-order chi connectivity index (χ0) is 21.5. The number of nitrogens with zero attached hydrogens (tertiary/aromatic N) is 1. The molecule has 0 unspecified atom stereocenters. The monoisotopic (exact) mass is 426 g/mol. The highest BCUT2D eigenvalue weighted by molar-refractivity contribution is 7.92. The lowest BCUT2D eigenvalue weighted by Gasteiger charge is -2.28. The quantitative estimate of drug-likeness (QED) is 0.756. The van der Waals surface area contributed by atoms with Gasteiger partial charge in [0.2, 0.25) is 5.91 Å². The Morgan fingerprint density at radius 2 is 1.70 bits per heavy atom. The number of hydrogen-bond donors (Lipinski definition) is 1. The van der Waals surface area contributed by atoms with Gasteiger partial charge in [-0.2, -0.15) is 0 Å². The average Bonchev–Trinajstić information content (AvgIpc) is 3.30. The Balaban J connectivity index is 1.63. The second-order valence-corrected chi connectivity index (χ2v) is 10.8. The first kappa shape index (κ1) is 20.9. The van der Waals surface area contributed by atoms with Gasteiger partial charge in [0, 0.05) is 6.04 Å². The molecule has 2 aliphatic rings. The van der Waals surface area contributed by atoms with Crippen LogP contribution in [0.25, 0.3) is 0 Å². The molecule has 2 bridgehead atoms. The van der Waals surface area contributed by atoms with E-state index in [-0.39, 0.29) is 23.4 Å². The van der Waals surface area contributed by atoms with Gasteiger partial charge < -0.3 is 5.32 Å². The van der Waals surface area contributed by atoms with E-state index in [1.165, 1.54) is 17.1 Å². The summed E-state index contributed by atoms with van der Waals surface area (Å²) in [7, 11) is -3.87. The Bertz CT molecular complexity index is 1050. The lowest BCUT2D eigenvalue weighted by atomic mass is 9.95. The number of aryl methyl sites for hydroxylation is 3. The van der Waals surface area contributed by atoms with Gasteiger partial charge in [-0.05, 0) is 75.6 Å². The maximum absolute atomic E-state index is 13.5. The summed E-state index contributed by atoms with van der Waals surface area (Å²) >= 11 is 0. The van der Waals surface area contributed by atoms with E-state index in [4.69, 9.17) is 0 Å². The Morgan fingerprint density at radius 3 is 2.30 bits per heavy atom. The number of amides is 1. The largest absolute Gasteiger partial charge is 0.352 e. The lowest BCUT2D eigenvalue weighted by Crippen LogP contribution is -2.46. The first-order valence-corrected chi connectivity index (χ1v) is 12.1. The fourth-order valence-electron chi connectivity index (χ4n) is 5.03. The molecule has 1 N–H and O–H groups in total. The van der Waals surface area contributed by atoms with Crippen molar-refractivity contribution < 1.29 is 13.2 Å². The summed E-state index contributed by atoms with van der Waals surface area (Å²) in [4.78, 5) is 13.1. The van der Waals surface area contributed by atoms with Crippen LogP contribution in [0.5, 0.6) is 0 Å². The highest BCUT2D eigenvalue weighted by atomic mass is 32.2. The first-order valence-electron chi connectivity index (χ1n) is 10.7. The van der Waals surface area contributed by atoms with E-state index in [1.807, 2.05) is 32.9 Å². The molecule has 0 aliphatic heterocycles. The molecule has 1 amide bonds. The van der Waals surface area contributed by atoms with Gasteiger partial charge >= 0.3 is 0 Å². The van der Waals surface area contributed by atoms with Crippen LogP contribution in [0.15, 0.2) is 47.4 Å². The molecule has 0 spiro atoms. The van der Waals surface area contributed by atoms with Crippen molar-refractivity contribution in [2.45, 2.75) is 57.4 Å². The van der Waals surface area contributed by atoms with Gasteiger partial charge in [0.15, 0.2) is 0 Å². The number of anilines is 1. The molecule has 4 rings (SSSR count). The van der Waals surface area contributed by atoms with Gasteiger partial charge in [0.25, 0.3) is 10.0 Å². The van der Waals surface area contributed by atoms with E-state index < -0.39 is 10.0 Å². The van der Waals surface area contributed by atoms with Gasteiger partial charge in [0.1, 0.15) is 6.54 Å². The summed E-state index contributed by atoms with van der Waals surface area (Å²) in [6.07, 6.45) is 4.63. The van der Waals surface area contributed by atoms with Crippen LogP contribution in [0.3, 0.4) is 0 Å². The predicted molar refractivity (Wildman–Crippen MR) is 119 cm³/mol. The number of fused-ring (bicyclic) bond motifs is 2. The second-order valence-electron chi connectivity index (χ2n) is 8.96. The molecule has 0 heterocycles. The summed E-state index contributed by atoms with van der Waals surface area (Å²) in [5, 5.41) is 3.13. The molecule has 30 heavy (non-hydrogen) atoms. The van der Waals surface area contributed by atoms with E-state index in [2.05, 4.69) is 5.32 Å². The standard InChI is InChI=1S/C24H30N2O3S/c1-16-4-9-21(10-5-16)30(28,29)26(23-11-6-17(2)12-18(23)3)15-24(27)25-22-14-19-7-8-20(22)13-19/h4-6,9-12,19-20,22H,7-8,13-15H2,1-3H3,(H,25,27)/t19-,20-,22-/m1/s1. The minimum Gasteiger partial charge on any atom is -0.352 e. The van der Waals surface area contributed by atoms with Crippen LogP contribution in [-0.2, 0) is 14.8 Å². The molecule has 6 heteroatoms. The maximum atomic E-state index is 13.5. The van der Waals surface area contributed by atoms with Crippen molar-refractivity contribution in [1.82, 2.24) is 5.32 Å². The minimum absolute atomic E-state index is 0.180. The molecule has 3 atom stereocenters. The number of sulfonamides is 1. The Labute approximate surface area is 179 Å². The molecule has 0 aromatic heterocycles. The van der Waals surface area contributed by atoms with Crippen molar-refractivity contribution in [2.75, 3.05) is 10.8 Å². The van der Waals surface area contributed by atoms with E-state index in [9.17, 15) is 13.2 Å². The molecule has 2 saturated carbocycles. The molecular weight excluding hydrogens is 396 g/mol. The van der Waals surface area contributed by atoms with E-state index >= 15 is 0 Å². The van der Waals surface area contributed by atoms with Crippen LogP contribution in [0.2, 0.25) is 0 Å².